The van der Waals surface area contributed by atoms with E-state index in [1.54, 1.807) is 0 Å². The predicted molar refractivity (Wildman–Crippen MR) is 275 cm³/mol. The van der Waals surface area contributed by atoms with E-state index >= 15 is 0 Å². The Bertz CT molecular complexity index is 1150. The lowest BCUT2D eigenvalue weighted by molar-refractivity contribution is -0.153. The molecule has 3 N–H and O–H groups in total. The van der Waals surface area contributed by atoms with E-state index in [2.05, 4.69) is 38.2 Å². The first-order chi connectivity index (χ1) is 32.3. The zero-order valence-electron chi connectivity index (χ0n) is 42.9. The Morgan fingerprint density at radius 3 is 0.939 bits per heavy atom. The van der Waals surface area contributed by atoms with Gasteiger partial charge in [0.1, 0.15) is 12.2 Å². The van der Waals surface area contributed by atoms with Crippen LogP contribution in [-0.2, 0) is 32.7 Å². The highest BCUT2D eigenvalue weighted by Gasteiger charge is 2.27. The van der Waals surface area contributed by atoms with Gasteiger partial charge < -0.3 is 24.6 Å². The van der Waals surface area contributed by atoms with E-state index in [0.29, 0.717) is 12.8 Å². The minimum atomic E-state index is -4.64. The highest BCUT2D eigenvalue weighted by atomic mass is 31.2. The first kappa shape index (κ1) is 64.5. The minimum Gasteiger partial charge on any atom is -0.457 e. The quantitative estimate of drug-likeness (QED) is 0.0233. The number of ether oxygens (including phenoxy) is 2. The Kier molecular flexibility index (Phi) is 50.1. The van der Waals surface area contributed by atoms with E-state index in [4.69, 9.17) is 18.5 Å². The number of phosphoric ester groups is 1. The zero-order valence-corrected chi connectivity index (χ0v) is 43.8. The van der Waals surface area contributed by atoms with Gasteiger partial charge in [-0.1, -0.05) is 244 Å². The summed E-state index contributed by atoms with van der Waals surface area (Å²) in [4.78, 5) is 34.8. The van der Waals surface area contributed by atoms with Crippen molar-refractivity contribution < 1.29 is 47.8 Å². The van der Waals surface area contributed by atoms with Crippen molar-refractivity contribution >= 4 is 19.8 Å². The fourth-order valence-electron chi connectivity index (χ4n) is 8.15. The molecule has 0 aliphatic rings. The number of unbranched alkanes of at least 4 members (excludes halogenated alkanes) is 35. The normalized spacial score (nSPS) is 13.7. The minimum absolute atomic E-state index is 0.192. The SMILES string of the molecule is CCCCCCC/C=C\C/C=C\CCCCCCCCCCCCCC(=O)OC(CO)COP(=O)(O)OCC(CO)OC(=O)CCCCCCCCCCCCCCCCCCCCCC. The van der Waals surface area contributed by atoms with Crippen LogP contribution in [0.25, 0.3) is 0 Å². The van der Waals surface area contributed by atoms with Crippen molar-refractivity contribution in [2.45, 2.75) is 289 Å². The number of aliphatic hydroxyl groups is 2. The van der Waals surface area contributed by atoms with Gasteiger partial charge in [0.15, 0.2) is 0 Å². The molecule has 3 unspecified atom stereocenters. The molecular formula is C55H105O10P. The van der Waals surface area contributed by atoms with Crippen molar-refractivity contribution in [3.05, 3.63) is 24.3 Å². The Hall–Kier alpha value is -1.55. The molecular weight excluding hydrogens is 852 g/mol. The van der Waals surface area contributed by atoms with E-state index in [9.17, 15) is 29.3 Å². The van der Waals surface area contributed by atoms with Crippen molar-refractivity contribution in [2.75, 3.05) is 26.4 Å². The molecule has 0 aromatic rings. The molecule has 0 aromatic heterocycles. The molecule has 11 heteroatoms. The van der Waals surface area contributed by atoms with E-state index in [-0.39, 0.29) is 12.8 Å². The van der Waals surface area contributed by atoms with Gasteiger partial charge in [-0.05, 0) is 44.9 Å². The molecule has 0 spiro atoms. The second-order valence-corrected chi connectivity index (χ2v) is 20.4. The number of carbonyl (C=O) groups excluding carboxylic acids is 2. The van der Waals surface area contributed by atoms with Crippen molar-refractivity contribution in [1.29, 1.82) is 0 Å². The summed E-state index contributed by atoms with van der Waals surface area (Å²) in [5, 5.41) is 19.3. The van der Waals surface area contributed by atoms with Gasteiger partial charge in [-0.25, -0.2) is 4.57 Å². The molecule has 0 bridgehead atoms. The maximum atomic E-state index is 12.4. The average Bonchev–Trinajstić information content (AvgIpc) is 3.31. The number of carbonyl (C=O) groups is 2. The van der Waals surface area contributed by atoms with Gasteiger partial charge in [0, 0.05) is 12.8 Å². The van der Waals surface area contributed by atoms with Gasteiger partial charge in [0.2, 0.25) is 0 Å². The number of hydrogen-bond donors (Lipinski definition) is 3. The lowest BCUT2D eigenvalue weighted by Crippen LogP contribution is -2.28. The standard InChI is InChI=1S/C55H105O10P/c1-3-5-7-9-11-13-15-17-19-21-23-25-26-27-29-31-33-35-37-39-41-43-45-47-55(59)65-53(49-57)51-63-66(60,61)62-50-52(48-56)64-54(58)46-44-42-40-38-36-34-32-30-28-24-22-20-18-16-14-12-10-8-6-4-2/h15,17,21,23,52-53,56-57H,3-14,16,18-20,22,24-51H2,1-2H3,(H,60,61)/b17-15-,23-21-. The van der Waals surface area contributed by atoms with Crippen LogP contribution in [0.5, 0.6) is 0 Å². The van der Waals surface area contributed by atoms with Gasteiger partial charge in [-0.2, -0.15) is 0 Å². The molecule has 390 valence electrons. The molecule has 0 saturated carbocycles. The lowest BCUT2D eigenvalue weighted by Gasteiger charge is -2.20. The maximum absolute atomic E-state index is 12.4. The third-order valence-corrected chi connectivity index (χ3v) is 13.4. The summed E-state index contributed by atoms with van der Waals surface area (Å²) in [6.45, 7) is 2.26. The molecule has 0 aliphatic carbocycles. The lowest BCUT2D eigenvalue weighted by atomic mass is 10.0. The number of phosphoric acid groups is 1. The van der Waals surface area contributed by atoms with E-state index in [1.807, 2.05) is 0 Å². The van der Waals surface area contributed by atoms with Gasteiger partial charge in [-0.3, -0.25) is 18.6 Å². The Morgan fingerprint density at radius 2 is 0.667 bits per heavy atom. The van der Waals surface area contributed by atoms with E-state index < -0.39 is 58.4 Å². The number of allylic oxidation sites excluding steroid dienone is 4. The maximum Gasteiger partial charge on any atom is 0.472 e. The van der Waals surface area contributed by atoms with Gasteiger partial charge >= 0.3 is 19.8 Å². The smallest absolute Gasteiger partial charge is 0.457 e. The van der Waals surface area contributed by atoms with Crippen molar-refractivity contribution in [3.63, 3.8) is 0 Å². The number of hydrogen-bond acceptors (Lipinski definition) is 9. The number of esters is 2. The van der Waals surface area contributed by atoms with Crippen molar-refractivity contribution in [2.24, 2.45) is 0 Å². The number of rotatable bonds is 53. The molecule has 0 radical (unpaired) electrons. The van der Waals surface area contributed by atoms with E-state index in [1.165, 1.54) is 193 Å². The van der Waals surface area contributed by atoms with Crippen LogP contribution in [-0.4, -0.2) is 65.7 Å². The topological polar surface area (TPSA) is 149 Å². The number of aliphatic hydroxyl groups excluding tert-OH is 2. The summed E-state index contributed by atoms with van der Waals surface area (Å²) in [7, 11) is -4.64. The van der Waals surface area contributed by atoms with Crippen LogP contribution in [0, 0.1) is 0 Å². The summed E-state index contributed by atoms with van der Waals surface area (Å²) in [6, 6.07) is 0. The Labute approximate surface area is 406 Å². The molecule has 0 saturated heterocycles. The molecule has 0 aliphatic heterocycles. The largest absolute Gasteiger partial charge is 0.472 e. The summed E-state index contributed by atoms with van der Waals surface area (Å²) >= 11 is 0. The van der Waals surface area contributed by atoms with Crippen molar-refractivity contribution in [3.8, 4) is 0 Å². The fourth-order valence-corrected chi connectivity index (χ4v) is 8.93. The highest BCUT2D eigenvalue weighted by Crippen LogP contribution is 2.43. The zero-order chi connectivity index (χ0) is 48.3. The molecule has 0 heterocycles. The van der Waals surface area contributed by atoms with Crippen LogP contribution in [0.2, 0.25) is 0 Å². The third-order valence-electron chi connectivity index (χ3n) is 12.4. The fraction of sp³-hybridized carbons (Fsp3) is 0.891. The van der Waals surface area contributed by atoms with E-state index in [0.717, 1.165) is 44.9 Å². The molecule has 0 fully saturated rings. The third kappa shape index (κ3) is 48.9. The summed E-state index contributed by atoms with van der Waals surface area (Å²) in [6.07, 6.45) is 55.8. The molecule has 10 nitrogen and oxygen atoms in total. The van der Waals surface area contributed by atoms with Gasteiger partial charge in [-0.15, -0.1) is 0 Å². The molecule has 3 atom stereocenters. The Balaban J connectivity index is 3.78. The Morgan fingerprint density at radius 1 is 0.409 bits per heavy atom. The molecule has 66 heavy (non-hydrogen) atoms. The van der Waals surface area contributed by atoms with Gasteiger partial charge in [0.05, 0.1) is 26.4 Å². The van der Waals surface area contributed by atoms with Crippen LogP contribution >= 0.6 is 7.82 Å². The molecule has 0 aromatic carbocycles. The van der Waals surface area contributed by atoms with Crippen LogP contribution < -0.4 is 0 Å². The van der Waals surface area contributed by atoms with Crippen molar-refractivity contribution in [1.82, 2.24) is 0 Å². The molecule has 0 rings (SSSR count). The molecule has 0 amide bonds. The predicted octanol–water partition coefficient (Wildman–Crippen LogP) is 16.1. The monoisotopic (exact) mass is 957 g/mol. The van der Waals surface area contributed by atoms with Crippen LogP contribution in [0.4, 0.5) is 0 Å². The van der Waals surface area contributed by atoms with Crippen LogP contribution in [0.1, 0.15) is 277 Å². The summed E-state index contributed by atoms with van der Waals surface area (Å²) in [5.74, 6) is -1.01. The first-order valence-electron chi connectivity index (χ1n) is 27.8. The first-order valence-corrected chi connectivity index (χ1v) is 29.3. The second-order valence-electron chi connectivity index (χ2n) is 18.9. The highest BCUT2D eigenvalue weighted by molar-refractivity contribution is 7.47. The van der Waals surface area contributed by atoms with Crippen LogP contribution in [0.3, 0.4) is 0 Å². The second kappa shape index (κ2) is 51.3. The van der Waals surface area contributed by atoms with Crippen LogP contribution in [0.15, 0.2) is 24.3 Å². The summed E-state index contributed by atoms with van der Waals surface area (Å²) in [5.41, 5.74) is 0. The van der Waals surface area contributed by atoms with Gasteiger partial charge in [0.25, 0.3) is 0 Å². The summed E-state index contributed by atoms with van der Waals surface area (Å²) < 4.78 is 32.8. The average molecular weight is 957 g/mol.